The first kappa shape index (κ1) is 12.0. The molecule has 0 aromatic heterocycles. The summed E-state index contributed by atoms with van der Waals surface area (Å²) in [4.78, 5) is 0. The molecule has 1 fully saturated rings. The Morgan fingerprint density at radius 3 is 3.00 bits per heavy atom. The van der Waals surface area contributed by atoms with Gasteiger partial charge in [0.2, 0.25) is 0 Å². The molecule has 0 saturated heterocycles. The smallest absolute Gasteiger partial charge is 0.0353 e. The Hall–Kier alpha value is -0.500. The van der Waals surface area contributed by atoms with Crippen molar-refractivity contribution in [3.8, 4) is 0 Å². The molecule has 1 aliphatic carbocycles. The van der Waals surface area contributed by atoms with E-state index in [2.05, 4.69) is 52.4 Å². The molecule has 2 unspecified atom stereocenters. The van der Waals surface area contributed by atoms with Crippen LogP contribution in [0.2, 0.25) is 0 Å². The Bertz CT molecular complexity index is 337. The lowest BCUT2D eigenvalue weighted by atomic mass is 9.84. The van der Waals surface area contributed by atoms with E-state index in [4.69, 9.17) is 0 Å². The highest BCUT2D eigenvalue weighted by molar-refractivity contribution is 9.10. The summed E-state index contributed by atoms with van der Waals surface area (Å²) >= 11 is 3.51. The Balaban J connectivity index is 1.94. The van der Waals surface area contributed by atoms with Crippen LogP contribution >= 0.6 is 15.9 Å². The van der Waals surface area contributed by atoms with E-state index in [1.54, 1.807) is 0 Å². The van der Waals surface area contributed by atoms with Crippen LogP contribution < -0.4 is 5.32 Å². The van der Waals surface area contributed by atoms with Crippen molar-refractivity contribution in [2.24, 2.45) is 5.92 Å². The third kappa shape index (κ3) is 3.24. The highest BCUT2D eigenvalue weighted by Gasteiger charge is 2.20. The summed E-state index contributed by atoms with van der Waals surface area (Å²) in [6, 6.07) is 9.15. The minimum absolute atomic E-state index is 0.674. The third-order valence-corrected chi connectivity index (χ3v) is 4.05. The fourth-order valence-electron chi connectivity index (χ4n) is 2.61. The van der Waals surface area contributed by atoms with E-state index in [1.807, 2.05) is 0 Å². The first-order chi connectivity index (χ1) is 7.78. The van der Waals surface area contributed by atoms with E-state index >= 15 is 0 Å². The first-order valence-electron chi connectivity index (χ1n) is 6.30. The van der Waals surface area contributed by atoms with Gasteiger partial charge in [-0.2, -0.15) is 0 Å². The van der Waals surface area contributed by atoms with Crippen molar-refractivity contribution in [3.63, 3.8) is 0 Å². The fraction of sp³-hybridized carbons (Fsp3) is 0.571. The monoisotopic (exact) mass is 281 g/mol. The van der Waals surface area contributed by atoms with Gasteiger partial charge in [0, 0.05) is 16.2 Å². The molecular weight excluding hydrogens is 262 g/mol. The summed E-state index contributed by atoms with van der Waals surface area (Å²) in [5, 5.41) is 3.66. The largest absolute Gasteiger partial charge is 0.382 e. The van der Waals surface area contributed by atoms with Crippen LogP contribution in [0, 0.1) is 5.92 Å². The maximum Gasteiger partial charge on any atom is 0.0353 e. The second-order valence-electron chi connectivity index (χ2n) is 4.79. The highest BCUT2D eigenvalue weighted by Crippen LogP contribution is 2.29. The molecular formula is C14H20BrN. The molecule has 2 rings (SSSR count). The number of hydrogen-bond acceptors (Lipinski definition) is 1. The topological polar surface area (TPSA) is 12.0 Å². The molecule has 0 spiro atoms. The number of anilines is 1. The summed E-state index contributed by atoms with van der Waals surface area (Å²) in [6.45, 7) is 2.31. The van der Waals surface area contributed by atoms with Crippen LogP contribution in [0.4, 0.5) is 5.69 Å². The Labute approximate surface area is 107 Å². The van der Waals surface area contributed by atoms with Crippen LogP contribution in [0.15, 0.2) is 28.7 Å². The van der Waals surface area contributed by atoms with Crippen molar-refractivity contribution in [1.82, 2.24) is 0 Å². The van der Waals surface area contributed by atoms with Crippen LogP contribution in [0.3, 0.4) is 0 Å². The summed E-state index contributed by atoms with van der Waals surface area (Å²) in [5.41, 5.74) is 1.25. The average Bonchev–Trinajstić information content (AvgIpc) is 2.29. The minimum Gasteiger partial charge on any atom is -0.382 e. The summed E-state index contributed by atoms with van der Waals surface area (Å²) in [7, 11) is 0. The first-order valence-corrected chi connectivity index (χ1v) is 7.09. The highest BCUT2D eigenvalue weighted by atomic mass is 79.9. The standard InChI is InChI=1S/C14H20BrN/c1-2-11-5-3-7-13(9-11)16-14-8-4-6-12(15)10-14/h4,6,8,10-11,13,16H,2-3,5,7,9H2,1H3. The zero-order valence-corrected chi connectivity index (χ0v) is 11.5. The van der Waals surface area contributed by atoms with Crippen molar-refractivity contribution >= 4 is 21.6 Å². The van der Waals surface area contributed by atoms with Gasteiger partial charge in [-0.25, -0.2) is 0 Å². The number of nitrogens with one attached hydrogen (secondary N) is 1. The Morgan fingerprint density at radius 2 is 2.25 bits per heavy atom. The quantitative estimate of drug-likeness (QED) is 0.837. The van der Waals surface area contributed by atoms with E-state index in [1.165, 1.54) is 37.8 Å². The molecule has 1 aromatic carbocycles. The molecule has 0 amide bonds. The van der Waals surface area contributed by atoms with E-state index in [0.29, 0.717) is 6.04 Å². The minimum atomic E-state index is 0.674. The zero-order valence-electron chi connectivity index (χ0n) is 9.88. The van der Waals surface area contributed by atoms with Crippen LogP contribution in [0.25, 0.3) is 0 Å². The molecule has 0 aliphatic heterocycles. The van der Waals surface area contributed by atoms with Gasteiger partial charge >= 0.3 is 0 Å². The Kier molecular flexibility index (Phi) is 4.28. The average molecular weight is 282 g/mol. The molecule has 1 aromatic rings. The van der Waals surface area contributed by atoms with Crippen molar-refractivity contribution in [2.75, 3.05) is 5.32 Å². The van der Waals surface area contributed by atoms with Gasteiger partial charge in [0.05, 0.1) is 0 Å². The number of rotatable bonds is 3. The number of halogens is 1. The molecule has 2 atom stereocenters. The van der Waals surface area contributed by atoms with Gasteiger partial charge in [0.1, 0.15) is 0 Å². The normalized spacial score (nSPS) is 25.4. The van der Waals surface area contributed by atoms with Crippen LogP contribution in [-0.4, -0.2) is 6.04 Å². The fourth-order valence-corrected chi connectivity index (χ4v) is 3.01. The van der Waals surface area contributed by atoms with Crippen molar-refractivity contribution in [2.45, 2.75) is 45.1 Å². The predicted octanol–water partition coefficient (Wildman–Crippen LogP) is 4.83. The van der Waals surface area contributed by atoms with Gasteiger partial charge in [-0.3, -0.25) is 0 Å². The van der Waals surface area contributed by atoms with Crippen molar-refractivity contribution in [3.05, 3.63) is 28.7 Å². The van der Waals surface area contributed by atoms with Crippen LogP contribution in [-0.2, 0) is 0 Å². The molecule has 1 aliphatic rings. The summed E-state index contributed by atoms with van der Waals surface area (Å²) < 4.78 is 1.15. The van der Waals surface area contributed by atoms with Gasteiger partial charge < -0.3 is 5.32 Å². The molecule has 16 heavy (non-hydrogen) atoms. The lowest BCUT2D eigenvalue weighted by molar-refractivity contribution is 0.327. The van der Waals surface area contributed by atoms with Crippen molar-refractivity contribution in [1.29, 1.82) is 0 Å². The van der Waals surface area contributed by atoms with Gasteiger partial charge in [-0.1, -0.05) is 48.2 Å². The van der Waals surface area contributed by atoms with Crippen LogP contribution in [0.1, 0.15) is 39.0 Å². The second-order valence-corrected chi connectivity index (χ2v) is 5.71. The Morgan fingerprint density at radius 1 is 1.38 bits per heavy atom. The molecule has 0 bridgehead atoms. The van der Waals surface area contributed by atoms with Gasteiger partial charge in [0.25, 0.3) is 0 Å². The SMILES string of the molecule is CCC1CCCC(Nc2cccc(Br)c2)C1. The third-order valence-electron chi connectivity index (χ3n) is 3.56. The zero-order chi connectivity index (χ0) is 11.4. The van der Waals surface area contributed by atoms with Gasteiger partial charge in [-0.05, 0) is 37.0 Å². The maximum absolute atomic E-state index is 3.66. The number of benzene rings is 1. The predicted molar refractivity (Wildman–Crippen MR) is 73.8 cm³/mol. The maximum atomic E-state index is 3.66. The van der Waals surface area contributed by atoms with E-state index < -0.39 is 0 Å². The molecule has 2 heteroatoms. The van der Waals surface area contributed by atoms with E-state index in [-0.39, 0.29) is 0 Å². The molecule has 1 N–H and O–H groups in total. The van der Waals surface area contributed by atoms with Crippen molar-refractivity contribution < 1.29 is 0 Å². The molecule has 0 radical (unpaired) electrons. The lowest BCUT2D eigenvalue weighted by Crippen LogP contribution is -2.26. The molecule has 1 nitrogen and oxygen atoms in total. The number of hydrogen-bond donors (Lipinski definition) is 1. The van der Waals surface area contributed by atoms with Gasteiger partial charge in [0.15, 0.2) is 0 Å². The second kappa shape index (κ2) is 5.72. The lowest BCUT2D eigenvalue weighted by Gasteiger charge is -2.29. The summed E-state index contributed by atoms with van der Waals surface area (Å²) in [5.74, 6) is 0.929. The molecule has 88 valence electrons. The molecule has 1 saturated carbocycles. The van der Waals surface area contributed by atoms with E-state index in [9.17, 15) is 0 Å². The molecule has 0 heterocycles. The van der Waals surface area contributed by atoms with Gasteiger partial charge in [-0.15, -0.1) is 0 Å². The van der Waals surface area contributed by atoms with E-state index in [0.717, 1.165) is 10.4 Å². The summed E-state index contributed by atoms with van der Waals surface area (Å²) in [6.07, 6.45) is 6.79. The van der Waals surface area contributed by atoms with Crippen LogP contribution in [0.5, 0.6) is 0 Å².